The van der Waals surface area contributed by atoms with E-state index >= 15 is 0 Å². The van der Waals surface area contributed by atoms with Crippen molar-refractivity contribution >= 4 is 5.91 Å². The molecule has 0 atom stereocenters. The monoisotopic (exact) mass is 555 g/mol. The molecule has 0 saturated carbocycles. The fourth-order valence-electron chi connectivity index (χ4n) is 4.71. The van der Waals surface area contributed by atoms with Gasteiger partial charge in [0.25, 0.3) is 5.91 Å². The van der Waals surface area contributed by atoms with Crippen LogP contribution in [0.15, 0.2) is 82.2 Å². The maximum Gasteiger partial charge on any atom is 0.257 e. The van der Waals surface area contributed by atoms with Gasteiger partial charge in [-0.25, -0.2) is 8.78 Å². The topological polar surface area (TPSA) is 86.8 Å². The van der Waals surface area contributed by atoms with Crippen LogP contribution >= 0.6 is 0 Å². The average molecular weight is 556 g/mol. The van der Waals surface area contributed by atoms with Gasteiger partial charge in [0.15, 0.2) is 11.6 Å². The van der Waals surface area contributed by atoms with E-state index in [-0.39, 0.29) is 28.9 Å². The van der Waals surface area contributed by atoms with Crippen molar-refractivity contribution in [3.05, 3.63) is 123 Å². The van der Waals surface area contributed by atoms with Crippen molar-refractivity contribution in [2.75, 3.05) is 26.2 Å². The third-order valence-corrected chi connectivity index (χ3v) is 7.10. The standard InChI is InChI=1S/C32H27F2N3O4/c1-21-6-11-27(31(34)30(21)33)32(39)37-14-12-36(13-15-37)18-25-16-28(38)29(20-40-25)41-19-22-7-9-23(10-8-22)26-5-3-2-4-24(26)17-35/h2-11,16,20H,12-15,18-19H2,1H3. The van der Waals surface area contributed by atoms with Crippen molar-refractivity contribution in [1.29, 1.82) is 5.26 Å². The molecule has 0 N–H and O–H groups in total. The minimum atomic E-state index is -1.13. The predicted molar refractivity (Wildman–Crippen MR) is 148 cm³/mol. The molecule has 1 amide bonds. The molecule has 1 fully saturated rings. The number of aryl methyl sites for hydroxylation is 1. The van der Waals surface area contributed by atoms with E-state index in [2.05, 4.69) is 6.07 Å². The first-order chi connectivity index (χ1) is 19.8. The van der Waals surface area contributed by atoms with Crippen LogP contribution in [0, 0.1) is 29.9 Å². The highest BCUT2D eigenvalue weighted by Crippen LogP contribution is 2.24. The van der Waals surface area contributed by atoms with Crippen LogP contribution < -0.4 is 10.2 Å². The van der Waals surface area contributed by atoms with Gasteiger partial charge in [0, 0.05) is 32.2 Å². The van der Waals surface area contributed by atoms with Crippen LogP contribution in [0.5, 0.6) is 5.75 Å². The van der Waals surface area contributed by atoms with Gasteiger partial charge in [-0.05, 0) is 41.3 Å². The number of halogens is 2. The molecule has 41 heavy (non-hydrogen) atoms. The second-order valence-electron chi connectivity index (χ2n) is 9.84. The van der Waals surface area contributed by atoms with E-state index in [9.17, 15) is 23.6 Å². The lowest BCUT2D eigenvalue weighted by Gasteiger charge is -2.34. The molecule has 3 aromatic carbocycles. The normalized spacial score (nSPS) is 13.6. The Hall–Kier alpha value is -4.81. The number of hydrogen-bond acceptors (Lipinski definition) is 6. The molecule has 0 spiro atoms. The van der Waals surface area contributed by atoms with Gasteiger partial charge in [0.1, 0.15) is 18.6 Å². The number of carbonyl (C=O) groups excluding carboxylic acids is 1. The summed E-state index contributed by atoms with van der Waals surface area (Å²) >= 11 is 0. The smallest absolute Gasteiger partial charge is 0.257 e. The molecule has 5 rings (SSSR count). The SMILES string of the molecule is Cc1ccc(C(=O)N2CCN(Cc3cc(=O)c(OCc4ccc(-c5ccccc5C#N)cc4)co3)CC2)c(F)c1F. The van der Waals surface area contributed by atoms with Gasteiger partial charge >= 0.3 is 0 Å². The van der Waals surface area contributed by atoms with E-state index in [4.69, 9.17) is 9.15 Å². The maximum absolute atomic E-state index is 14.3. The Morgan fingerprint density at radius 3 is 2.44 bits per heavy atom. The maximum atomic E-state index is 14.3. The van der Waals surface area contributed by atoms with Crippen molar-refractivity contribution in [3.63, 3.8) is 0 Å². The average Bonchev–Trinajstić information content (AvgIpc) is 3.00. The summed E-state index contributed by atoms with van der Waals surface area (Å²) in [6.07, 6.45) is 1.30. The minimum Gasteiger partial charge on any atom is -0.482 e. The van der Waals surface area contributed by atoms with Crippen LogP contribution in [0.2, 0.25) is 0 Å². The summed E-state index contributed by atoms with van der Waals surface area (Å²) < 4.78 is 39.5. The third-order valence-electron chi connectivity index (χ3n) is 7.10. The molecule has 0 aliphatic carbocycles. The third kappa shape index (κ3) is 6.18. The molecule has 7 nitrogen and oxygen atoms in total. The largest absolute Gasteiger partial charge is 0.482 e. The van der Waals surface area contributed by atoms with E-state index in [1.54, 1.807) is 6.07 Å². The van der Waals surface area contributed by atoms with E-state index in [1.807, 2.05) is 47.4 Å². The Morgan fingerprint density at radius 2 is 1.73 bits per heavy atom. The summed E-state index contributed by atoms with van der Waals surface area (Å²) in [5.74, 6) is -2.13. The molecule has 2 heterocycles. The first-order valence-electron chi connectivity index (χ1n) is 13.1. The number of nitrogens with zero attached hydrogens (tertiary/aromatic N) is 3. The molecule has 1 aromatic heterocycles. The van der Waals surface area contributed by atoms with Gasteiger partial charge in [0.2, 0.25) is 11.2 Å². The zero-order valence-electron chi connectivity index (χ0n) is 22.4. The number of amides is 1. The van der Waals surface area contributed by atoms with Crippen LogP contribution in [-0.4, -0.2) is 41.9 Å². The molecular weight excluding hydrogens is 528 g/mol. The molecule has 1 saturated heterocycles. The molecule has 4 aromatic rings. The summed E-state index contributed by atoms with van der Waals surface area (Å²) in [5, 5.41) is 9.33. The summed E-state index contributed by atoms with van der Waals surface area (Å²) in [6, 6.07) is 21.2. The fourth-order valence-corrected chi connectivity index (χ4v) is 4.71. The van der Waals surface area contributed by atoms with Gasteiger partial charge in [-0.3, -0.25) is 14.5 Å². The van der Waals surface area contributed by atoms with Crippen LogP contribution in [0.25, 0.3) is 11.1 Å². The van der Waals surface area contributed by atoms with Crippen molar-refractivity contribution in [1.82, 2.24) is 9.80 Å². The van der Waals surface area contributed by atoms with Gasteiger partial charge < -0.3 is 14.1 Å². The lowest BCUT2D eigenvalue weighted by molar-refractivity contribution is 0.0613. The Balaban J connectivity index is 1.14. The molecule has 0 radical (unpaired) electrons. The summed E-state index contributed by atoms with van der Waals surface area (Å²) in [6.45, 7) is 3.61. The molecule has 1 aliphatic heterocycles. The molecule has 1 aliphatic rings. The molecule has 0 unspecified atom stereocenters. The van der Waals surface area contributed by atoms with Crippen LogP contribution in [0.1, 0.15) is 32.8 Å². The van der Waals surface area contributed by atoms with Crippen molar-refractivity contribution < 1.29 is 22.7 Å². The van der Waals surface area contributed by atoms with Gasteiger partial charge in [-0.1, -0.05) is 48.5 Å². The van der Waals surface area contributed by atoms with Crippen LogP contribution in [-0.2, 0) is 13.2 Å². The van der Waals surface area contributed by atoms with E-state index in [0.29, 0.717) is 44.0 Å². The Bertz CT molecular complexity index is 1670. The Morgan fingerprint density at radius 1 is 1.00 bits per heavy atom. The quantitative estimate of drug-likeness (QED) is 0.308. The van der Waals surface area contributed by atoms with Gasteiger partial charge in [-0.15, -0.1) is 0 Å². The van der Waals surface area contributed by atoms with Gasteiger partial charge in [0.05, 0.1) is 23.7 Å². The first kappa shape index (κ1) is 27.7. The summed E-state index contributed by atoms with van der Waals surface area (Å²) in [4.78, 5) is 28.9. The van der Waals surface area contributed by atoms with E-state index in [0.717, 1.165) is 16.7 Å². The summed E-state index contributed by atoms with van der Waals surface area (Å²) in [7, 11) is 0. The van der Waals surface area contributed by atoms with Crippen molar-refractivity contribution in [3.8, 4) is 22.9 Å². The second-order valence-corrected chi connectivity index (χ2v) is 9.84. The predicted octanol–water partition coefficient (Wildman–Crippen LogP) is 5.30. The van der Waals surface area contributed by atoms with E-state index < -0.39 is 17.5 Å². The fraction of sp³-hybridized carbons (Fsp3) is 0.219. The molecule has 9 heteroatoms. The van der Waals surface area contributed by atoms with Crippen molar-refractivity contribution in [2.45, 2.75) is 20.1 Å². The second kappa shape index (κ2) is 12.1. The van der Waals surface area contributed by atoms with Crippen LogP contribution in [0.4, 0.5) is 8.78 Å². The highest BCUT2D eigenvalue weighted by Gasteiger charge is 2.26. The highest BCUT2D eigenvalue weighted by molar-refractivity contribution is 5.94. The lowest BCUT2D eigenvalue weighted by atomic mass is 9.99. The minimum absolute atomic E-state index is 0.0930. The lowest BCUT2D eigenvalue weighted by Crippen LogP contribution is -2.48. The number of hydrogen-bond donors (Lipinski definition) is 0. The number of ether oxygens (including phenoxy) is 1. The van der Waals surface area contributed by atoms with Gasteiger partial charge in [-0.2, -0.15) is 5.26 Å². The number of carbonyl (C=O) groups is 1. The van der Waals surface area contributed by atoms with Crippen molar-refractivity contribution in [2.24, 2.45) is 0 Å². The molecular formula is C32H27F2N3O4. The molecule has 0 bridgehead atoms. The van der Waals surface area contributed by atoms with Crippen LogP contribution in [0.3, 0.4) is 0 Å². The number of nitriles is 1. The summed E-state index contributed by atoms with van der Waals surface area (Å²) in [5.41, 5.74) is 2.78. The zero-order valence-corrected chi connectivity index (χ0v) is 22.4. The number of benzene rings is 3. The molecule has 208 valence electrons. The van der Waals surface area contributed by atoms with E-state index in [1.165, 1.54) is 36.3 Å². The number of piperazine rings is 1. The highest BCUT2D eigenvalue weighted by atomic mass is 19.2. The first-order valence-corrected chi connectivity index (χ1v) is 13.1. The number of rotatable bonds is 7. The Kier molecular flexibility index (Phi) is 8.22. The Labute approximate surface area is 235 Å². The zero-order chi connectivity index (χ0) is 28.9.